The standard InChI is InChI=1S/C13H15N3O3/c1-8-6-10(18-15-8)4-5-14-13(17)11-7-12(19-16-11)9-2-3-9/h6-7,9H,2-5H2,1H3,(H,14,17). The molecule has 6 nitrogen and oxygen atoms in total. The summed E-state index contributed by atoms with van der Waals surface area (Å²) in [5.74, 6) is 1.82. The third-order valence-corrected chi connectivity index (χ3v) is 3.07. The number of amides is 1. The van der Waals surface area contributed by atoms with Gasteiger partial charge in [-0.3, -0.25) is 4.79 Å². The van der Waals surface area contributed by atoms with Crippen molar-refractivity contribution < 1.29 is 13.8 Å². The molecule has 1 N–H and O–H groups in total. The summed E-state index contributed by atoms with van der Waals surface area (Å²) in [6.07, 6.45) is 2.86. The van der Waals surface area contributed by atoms with Crippen LogP contribution in [0.15, 0.2) is 21.2 Å². The number of hydrogen-bond acceptors (Lipinski definition) is 5. The molecule has 1 aliphatic rings. The summed E-state index contributed by atoms with van der Waals surface area (Å²) in [6, 6.07) is 3.58. The zero-order chi connectivity index (χ0) is 13.2. The van der Waals surface area contributed by atoms with E-state index in [0.717, 1.165) is 30.1 Å². The Morgan fingerprint density at radius 3 is 2.89 bits per heavy atom. The van der Waals surface area contributed by atoms with Crippen LogP contribution in [0.1, 0.15) is 46.5 Å². The molecule has 2 aromatic heterocycles. The maximum atomic E-state index is 11.8. The third kappa shape index (κ3) is 2.83. The van der Waals surface area contributed by atoms with E-state index in [-0.39, 0.29) is 5.91 Å². The van der Waals surface area contributed by atoms with E-state index in [1.165, 1.54) is 0 Å². The molecule has 2 aromatic rings. The van der Waals surface area contributed by atoms with E-state index in [1.807, 2.05) is 13.0 Å². The molecule has 0 radical (unpaired) electrons. The Hall–Kier alpha value is -2.11. The SMILES string of the molecule is Cc1cc(CCNC(=O)c2cc(C3CC3)on2)on1. The van der Waals surface area contributed by atoms with Crippen LogP contribution in [0.3, 0.4) is 0 Å². The fourth-order valence-corrected chi connectivity index (χ4v) is 1.88. The predicted octanol–water partition coefficient (Wildman–Crippen LogP) is 1.82. The normalized spacial score (nSPS) is 14.6. The van der Waals surface area contributed by atoms with Crippen molar-refractivity contribution in [2.75, 3.05) is 6.54 Å². The van der Waals surface area contributed by atoms with Crippen LogP contribution in [0.5, 0.6) is 0 Å². The van der Waals surface area contributed by atoms with Gasteiger partial charge in [-0.2, -0.15) is 0 Å². The third-order valence-electron chi connectivity index (χ3n) is 3.07. The molecule has 0 saturated heterocycles. The molecule has 1 saturated carbocycles. The van der Waals surface area contributed by atoms with Crippen molar-refractivity contribution in [1.82, 2.24) is 15.6 Å². The minimum absolute atomic E-state index is 0.216. The van der Waals surface area contributed by atoms with Crippen LogP contribution < -0.4 is 5.32 Å². The largest absolute Gasteiger partial charge is 0.361 e. The van der Waals surface area contributed by atoms with Gasteiger partial charge in [0.1, 0.15) is 11.5 Å². The predicted molar refractivity (Wildman–Crippen MR) is 65.8 cm³/mol. The van der Waals surface area contributed by atoms with E-state index in [9.17, 15) is 4.79 Å². The monoisotopic (exact) mass is 261 g/mol. The van der Waals surface area contributed by atoms with Crippen LogP contribution in [0.25, 0.3) is 0 Å². The minimum Gasteiger partial charge on any atom is -0.361 e. The van der Waals surface area contributed by atoms with Gasteiger partial charge in [0.25, 0.3) is 5.91 Å². The Morgan fingerprint density at radius 1 is 1.37 bits per heavy atom. The van der Waals surface area contributed by atoms with E-state index in [4.69, 9.17) is 9.05 Å². The number of carbonyl (C=O) groups is 1. The maximum Gasteiger partial charge on any atom is 0.273 e. The highest BCUT2D eigenvalue weighted by Crippen LogP contribution is 2.40. The molecule has 0 atom stereocenters. The van der Waals surface area contributed by atoms with E-state index < -0.39 is 0 Å². The summed E-state index contributed by atoms with van der Waals surface area (Å²) in [5.41, 5.74) is 1.18. The molecule has 1 aliphatic carbocycles. The lowest BCUT2D eigenvalue weighted by Gasteiger charge is -1.99. The minimum atomic E-state index is -0.216. The average molecular weight is 261 g/mol. The number of aromatic nitrogens is 2. The Kier molecular flexibility index (Phi) is 3.06. The Morgan fingerprint density at radius 2 is 2.21 bits per heavy atom. The lowest BCUT2D eigenvalue weighted by Crippen LogP contribution is -2.25. The first-order valence-corrected chi connectivity index (χ1v) is 6.39. The first-order chi connectivity index (χ1) is 9.22. The molecule has 0 unspecified atom stereocenters. The van der Waals surface area contributed by atoms with Gasteiger partial charge < -0.3 is 14.4 Å². The summed E-state index contributed by atoms with van der Waals surface area (Å²) >= 11 is 0. The Labute approximate surface area is 110 Å². The van der Waals surface area contributed by atoms with Gasteiger partial charge in [0, 0.05) is 31.0 Å². The molecule has 0 aliphatic heterocycles. The van der Waals surface area contributed by atoms with Crippen molar-refractivity contribution in [2.24, 2.45) is 0 Å². The molecule has 0 spiro atoms. The van der Waals surface area contributed by atoms with Gasteiger partial charge in [0.05, 0.1) is 5.69 Å². The number of aryl methyl sites for hydroxylation is 1. The highest BCUT2D eigenvalue weighted by Gasteiger charge is 2.28. The van der Waals surface area contributed by atoms with Crippen molar-refractivity contribution in [3.8, 4) is 0 Å². The molecule has 0 bridgehead atoms. The van der Waals surface area contributed by atoms with E-state index in [1.54, 1.807) is 6.07 Å². The van der Waals surface area contributed by atoms with Gasteiger partial charge in [-0.05, 0) is 19.8 Å². The van der Waals surface area contributed by atoms with Crippen molar-refractivity contribution >= 4 is 5.91 Å². The first-order valence-electron chi connectivity index (χ1n) is 6.39. The maximum absolute atomic E-state index is 11.8. The molecule has 1 amide bonds. The molecule has 100 valence electrons. The van der Waals surface area contributed by atoms with Crippen molar-refractivity contribution in [2.45, 2.75) is 32.1 Å². The van der Waals surface area contributed by atoms with Crippen molar-refractivity contribution in [1.29, 1.82) is 0 Å². The molecule has 3 rings (SSSR count). The summed E-state index contributed by atoms with van der Waals surface area (Å²) < 4.78 is 10.2. The summed E-state index contributed by atoms with van der Waals surface area (Å²) in [4.78, 5) is 11.8. The van der Waals surface area contributed by atoms with Crippen LogP contribution in [-0.2, 0) is 6.42 Å². The zero-order valence-corrected chi connectivity index (χ0v) is 10.7. The number of hydrogen-bond donors (Lipinski definition) is 1. The second-order valence-corrected chi connectivity index (χ2v) is 4.83. The Balaban J connectivity index is 1.50. The summed E-state index contributed by atoms with van der Waals surface area (Å²) in [5, 5.41) is 10.4. The van der Waals surface area contributed by atoms with Gasteiger partial charge in [-0.1, -0.05) is 10.3 Å². The molecule has 19 heavy (non-hydrogen) atoms. The van der Waals surface area contributed by atoms with E-state index in [2.05, 4.69) is 15.6 Å². The Bertz CT molecular complexity index is 583. The highest BCUT2D eigenvalue weighted by atomic mass is 16.5. The quantitative estimate of drug-likeness (QED) is 0.887. The number of nitrogens with one attached hydrogen (secondary N) is 1. The van der Waals surface area contributed by atoms with Crippen LogP contribution in [0.2, 0.25) is 0 Å². The van der Waals surface area contributed by atoms with E-state index >= 15 is 0 Å². The summed E-state index contributed by atoms with van der Waals surface area (Å²) in [7, 11) is 0. The van der Waals surface area contributed by atoms with Crippen LogP contribution in [0, 0.1) is 6.92 Å². The smallest absolute Gasteiger partial charge is 0.273 e. The molecular formula is C13H15N3O3. The van der Waals surface area contributed by atoms with Crippen molar-refractivity contribution in [3.63, 3.8) is 0 Å². The zero-order valence-electron chi connectivity index (χ0n) is 10.7. The second kappa shape index (κ2) is 4.87. The molecule has 2 heterocycles. The molecule has 0 aromatic carbocycles. The van der Waals surface area contributed by atoms with Gasteiger partial charge in [0.15, 0.2) is 5.69 Å². The topological polar surface area (TPSA) is 81.2 Å². The van der Waals surface area contributed by atoms with E-state index in [0.29, 0.717) is 24.6 Å². The highest BCUT2D eigenvalue weighted by molar-refractivity contribution is 5.92. The van der Waals surface area contributed by atoms with Crippen LogP contribution in [-0.4, -0.2) is 22.8 Å². The molecular weight excluding hydrogens is 246 g/mol. The fraction of sp³-hybridized carbons (Fsp3) is 0.462. The number of carbonyl (C=O) groups excluding carboxylic acids is 1. The van der Waals surface area contributed by atoms with Crippen LogP contribution >= 0.6 is 0 Å². The number of rotatable bonds is 5. The summed E-state index contributed by atoms with van der Waals surface area (Å²) in [6.45, 7) is 2.35. The van der Waals surface area contributed by atoms with Crippen LogP contribution in [0.4, 0.5) is 0 Å². The average Bonchev–Trinajstić information content (AvgIpc) is 2.97. The molecule has 1 fully saturated rings. The number of nitrogens with zero attached hydrogens (tertiary/aromatic N) is 2. The molecule has 6 heteroatoms. The van der Waals surface area contributed by atoms with Gasteiger partial charge in [0.2, 0.25) is 0 Å². The lowest BCUT2D eigenvalue weighted by atomic mass is 10.2. The van der Waals surface area contributed by atoms with Gasteiger partial charge >= 0.3 is 0 Å². The first kappa shape index (κ1) is 12.0. The fourth-order valence-electron chi connectivity index (χ4n) is 1.88. The van der Waals surface area contributed by atoms with Gasteiger partial charge in [-0.15, -0.1) is 0 Å². The van der Waals surface area contributed by atoms with Crippen molar-refractivity contribution in [3.05, 3.63) is 35.0 Å². The van der Waals surface area contributed by atoms with Gasteiger partial charge in [-0.25, -0.2) is 0 Å². The second-order valence-electron chi connectivity index (χ2n) is 4.83. The lowest BCUT2D eigenvalue weighted by molar-refractivity contribution is 0.0944.